The van der Waals surface area contributed by atoms with Gasteiger partial charge in [-0.25, -0.2) is 8.42 Å². The molecule has 0 aliphatic carbocycles. The van der Waals surface area contributed by atoms with Gasteiger partial charge < -0.3 is 10.1 Å². The Morgan fingerprint density at radius 1 is 1.21 bits per heavy atom. The number of carbonyl (C=O) groups is 1. The Morgan fingerprint density at radius 2 is 1.88 bits per heavy atom. The first-order valence-corrected chi connectivity index (χ1v) is 9.37. The molecule has 2 aromatic rings. The van der Waals surface area contributed by atoms with E-state index in [1.807, 2.05) is 0 Å². The lowest BCUT2D eigenvalue weighted by Crippen LogP contribution is -2.48. The minimum Gasteiger partial charge on any atom is -0.476 e. The molecule has 1 aliphatic heterocycles. The van der Waals surface area contributed by atoms with E-state index in [0.717, 1.165) is 6.26 Å². The van der Waals surface area contributed by atoms with E-state index in [2.05, 4.69) is 5.32 Å². The van der Waals surface area contributed by atoms with Crippen molar-refractivity contribution in [3.05, 3.63) is 53.6 Å². The molecule has 1 heterocycles. The molecule has 0 aromatic heterocycles. The molecule has 126 valence electrons. The summed E-state index contributed by atoms with van der Waals surface area (Å²) in [6.07, 6.45) is 0.115. The van der Waals surface area contributed by atoms with Crippen LogP contribution in [0.2, 0.25) is 5.02 Å². The van der Waals surface area contributed by atoms with Crippen LogP contribution in [0.1, 0.15) is 0 Å². The summed E-state index contributed by atoms with van der Waals surface area (Å²) in [4.78, 5) is 12.5. The van der Waals surface area contributed by atoms with Crippen LogP contribution < -0.4 is 14.4 Å². The largest absolute Gasteiger partial charge is 0.476 e. The van der Waals surface area contributed by atoms with Crippen LogP contribution in [-0.4, -0.2) is 33.2 Å². The van der Waals surface area contributed by atoms with Gasteiger partial charge >= 0.3 is 0 Å². The highest BCUT2D eigenvalue weighted by atomic mass is 35.5. The molecule has 24 heavy (non-hydrogen) atoms. The molecule has 1 aliphatic rings. The van der Waals surface area contributed by atoms with E-state index in [0.29, 0.717) is 22.1 Å². The van der Waals surface area contributed by atoms with Crippen molar-refractivity contribution in [1.82, 2.24) is 0 Å². The summed E-state index contributed by atoms with van der Waals surface area (Å²) in [6.45, 7) is -0.105. The molecule has 0 unspecified atom stereocenters. The summed E-state index contributed by atoms with van der Waals surface area (Å²) in [5.74, 6) is -0.125. The Hall–Kier alpha value is -2.25. The number of para-hydroxylation sites is 3. The van der Waals surface area contributed by atoms with Crippen LogP contribution in [-0.2, 0) is 14.8 Å². The van der Waals surface area contributed by atoms with E-state index in [4.69, 9.17) is 16.3 Å². The molecule has 1 amide bonds. The second-order valence-corrected chi connectivity index (χ2v) is 7.65. The van der Waals surface area contributed by atoms with E-state index in [1.165, 1.54) is 4.31 Å². The van der Waals surface area contributed by atoms with Crippen LogP contribution >= 0.6 is 11.6 Å². The van der Waals surface area contributed by atoms with E-state index in [-0.39, 0.29) is 6.54 Å². The molecular weight excluding hydrogens is 352 g/mol. The quantitative estimate of drug-likeness (QED) is 0.905. The first kappa shape index (κ1) is 16.6. The van der Waals surface area contributed by atoms with Crippen LogP contribution in [0.3, 0.4) is 0 Å². The van der Waals surface area contributed by atoms with Gasteiger partial charge in [-0.2, -0.15) is 0 Å². The van der Waals surface area contributed by atoms with Crippen LogP contribution in [0.5, 0.6) is 5.75 Å². The van der Waals surface area contributed by atoms with Crippen LogP contribution in [0, 0.1) is 0 Å². The highest BCUT2D eigenvalue weighted by Gasteiger charge is 2.34. The maximum absolute atomic E-state index is 12.5. The SMILES string of the molecule is CS(=O)(=O)N1C[C@@H](C(=O)Nc2ccccc2Cl)Oc2ccccc21. The molecule has 0 saturated carbocycles. The van der Waals surface area contributed by atoms with Crippen molar-refractivity contribution in [2.75, 3.05) is 22.4 Å². The Balaban J connectivity index is 1.88. The highest BCUT2D eigenvalue weighted by Crippen LogP contribution is 2.35. The molecular formula is C16H15ClN2O4S. The Bertz CT molecular complexity index is 885. The molecule has 0 radical (unpaired) electrons. The summed E-state index contributed by atoms with van der Waals surface area (Å²) >= 11 is 6.03. The van der Waals surface area contributed by atoms with Crippen molar-refractivity contribution < 1.29 is 17.9 Å². The average Bonchev–Trinajstić information content (AvgIpc) is 2.55. The van der Waals surface area contributed by atoms with Crippen molar-refractivity contribution in [3.8, 4) is 5.75 Å². The fourth-order valence-electron chi connectivity index (χ4n) is 2.43. The number of sulfonamides is 1. The van der Waals surface area contributed by atoms with Gasteiger partial charge in [0, 0.05) is 0 Å². The predicted octanol–water partition coefficient (Wildman–Crippen LogP) is 2.51. The number of benzene rings is 2. The second-order valence-electron chi connectivity index (χ2n) is 5.34. The standard InChI is InChI=1S/C16H15ClN2O4S/c1-24(21,22)19-10-15(23-14-9-5-4-8-13(14)19)16(20)18-12-7-3-2-6-11(12)17/h2-9,15H,10H2,1H3,(H,18,20)/t15-/m0/s1. The molecule has 6 nitrogen and oxygen atoms in total. The number of ether oxygens (including phenoxy) is 1. The zero-order valence-electron chi connectivity index (χ0n) is 12.8. The molecule has 2 aromatic carbocycles. The molecule has 0 bridgehead atoms. The van der Waals surface area contributed by atoms with Gasteiger partial charge in [-0.05, 0) is 24.3 Å². The summed E-state index contributed by atoms with van der Waals surface area (Å²) < 4.78 is 30.9. The van der Waals surface area contributed by atoms with E-state index >= 15 is 0 Å². The number of nitrogens with zero attached hydrogens (tertiary/aromatic N) is 1. The third-order valence-electron chi connectivity index (χ3n) is 3.56. The topological polar surface area (TPSA) is 75.7 Å². The van der Waals surface area contributed by atoms with E-state index in [9.17, 15) is 13.2 Å². The Labute approximate surface area is 145 Å². The number of halogens is 1. The number of fused-ring (bicyclic) bond motifs is 1. The molecule has 1 N–H and O–H groups in total. The van der Waals surface area contributed by atoms with Crippen LogP contribution in [0.4, 0.5) is 11.4 Å². The maximum atomic E-state index is 12.5. The lowest BCUT2D eigenvalue weighted by Gasteiger charge is -2.33. The fraction of sp³-hybridized carbons (Fsp3) is 0.188. The second kappa shape index (κ2) is 6.33. The van der Waals surface area contributed by atoms with Gasteiger partial charge in [-0.1, -0.05) is 35.9 Å². The Morgan fingerprint density at radius 3 is 2.58 bits per heavy atom. The zero-order valence-corrected chi connectivity index (χ0v) is 14.3. The minimum absolute atomic E-state index is 0.105. The summed E-state index contributed by atoms with van der Waals surface area (Å²) in [6, 6.07) is 13.5. The Kier molecular flexibility index (Phi) is 4.38. The van der Waals surface area contributed by atoms with Gasteiger partial charge in [0.2, 0.25) is 10.0 Å². The summed E-state index contributed by atoms with van der Waals surface area (Å²) in [5, 5.41) is 3.06. The molecule has 0 spiro atoms. The molecule has 8 heteroatoms. The normalized spacial score (nSPS) is 16.9. The number of hydrogen-bond acceptors (Lipinski definition) is 4. The maximum Gasteiger partial charge on any atom is 0.267 e. The molecule has 3 rings (SSSR count). The monoisotopic (exact) mass is 366 g/mol. The predicted molar refractivity (Wildman–Crippen MR) is 93.1 cm³/mol. The van der Waals surface area contributed by atoms with Crippen molar-refractivity contribution in [1.29, 1.82) is 0 Å². The number of rotatable bonds is 3. The summed E-state index contributed by atoms with van der Waals surface area (Å²) in [7, 11) is -3.54. The fourth-order valence-corrected chi connectivity index (χ4v) is 3.53. The third kappa shape index (κ3) is 3.32. The van der Waals surface area contributed by atoms with Gasteiger partial charge in [-0.3, -0.25) is 9.10 Å². The summed E-state index contributed by atoms with van der Waals surface area (Å²) in [5.41, 5.74) is 0.860. The van der Waals surface area contributed by atoms with Gasteiger partial charge in [0.1, 0.15) is 5.75 Å². The van der Waals surface area contributed by atoms with Gasteiger partial charge in [0.25, 0.3) is 5.91 Å². The van der Waals surface area contributed by atoms with Gasteiger partial charge in [0.15, 0.2) is 6.10 Å². The lowest BCUT2D eigenvalue weighted by molar-refractivity contribution is -0.122. The highest BCUT2D eigenvalue weighted by molar-refractivity contribution is 7.92. The molecule has 0 saturated heterocycles. The van der Waals surface area contributed by atoms with Crippen molar-refractivity contribution >= 4 is 38.9 Å². The first-order valence-electron chi connectivity index (χ1n) is 7.15. The van der Waals surface area contributed by atoms with Crippen molar-refractivity contribution in [2.45, 2.75) is 6.10 Å². The number of hydrogen-bond donors (Lipinski definition) is 1. The van der Waals surface area contributed by atoms with Crippen molar-refractivity contribution in [3.63, 3.8) is 0 Å². The number of amides is 1. The van der Waals surface area contributed by atoms with E-state index in [1.54, 1.807) is 48.5 Å². The molecule has 0 fully saturated rings. The smallest absolute Gasteiger partial charge is 0.267 e. The zero-order chi connectivity index (χ0) is 17.3. The number of anilines is 2. The van der Waals surface area contributed by atoms with Gasteiger partial charge in [0.05, 0.1) is 29.2 Å². The number of nitrogens with one attached hydrogen (secondary N) is 1. The lowest BCUT2D eigenvalue weighted by atomic mass is 10.2. The van der Waals surface area contributed by atoms with Crippen LogP contribution in [0.25, 0.3) is 0 Å². The van der Waals surface area contributed by atoms with Crippen molar-refractivity contribution in [2.24, 2.45) is 0 Å². The van der Waals surface area contributed by atoms with E-state index < -0.39 is 22.0 Å². The third-order valence-corrected chi connectivity index (χ3v) is 5.04. The minimum atomic E-state index is -3.54. The van der Waals surface area contributed by atoms with Gasteiger partial charge in [-0.15, -0.1) is 0 Å². The average molecular weight is 367 g/mol. The van der Waals surface area contributed by atoms with Crippen LogP contribution in [0.15, 0.2) is 48.5 Å². The molecule has 1 atom stereocenters. The number of carbonyl (C=O) groups excluding carboxylic acids is 1. The first-order chi connectivity index (χ1) is 11.4.